The minimum Gasteiger partial charge on any atom is -0.508 e. The zero-order valence-electron chi connectivity index (χ0n) is 32.9. The molecule has 2 aromatic heterocycles. The Morgan fingerprint density at radius 1 is 1.07 bits per heavy atom. The van der Waals surface area contributed by atoms with E-state index in [4.69, 9.17) is 35.3 Å². The second-order valence-corrected chi connectivity index (χ2v) is 16.8. The summed E-state index contributed by atoms with van der Waals surface area (Å²) in [5.41, 5.74) is -2.11. The summed E-state index contributed by atoms with van der Waals surface area (Å²) < 4.78 is 57.0. The molecule has 3 N–H and O–H groups in total. The number of aromatic hydroxyl groups is 1. The van der Waals surface area contributed by atoms with Gasteiger partial charge in [-0.2, -0.15) is 9.97 Å². The number of rotatable bonds is 8. The molecule has 304 valence electrons. The van der Waals surface area contributed by atoms with Crippen LogP contribution in [0.25, 0.3) is 32.9 Å². The van der Waals surface area contributed by atoms with Crippen molar-refractivity contribution in [3.63, 3.8) is 0 Å². The number of benzene rings is 2. The molecule has 6 atom stereocenters. The quantitative estimate of drug-likeness (QED) is 0.188. The number of methoxy groups -OCH3 is 1. The number of likely N-dealkylation sites (tertiary alicyclic amines) is 1. The number of hydrogen-bond acceptors (Lipinski definition) is 12. The van der Waals surface area contributed by atoms with Crippen LogP contribution in [0.2, 0.25) is 0 Å². The molecule has 12 nitrogen and oxygen atoms in total. The lowest BCUT2D eigenvalue weighted by atomic mass is 9.74. The molecule has 0 radical (unpaired) electrons. The SMILES string of the molecule is C#Cc1c(F)ccc2cc(O)cc(-c3nc(OC)c4c(N5CC(CO)OCC(C)(O)C5)nc(OCC56CCCC5N(C5CC(C)OC(C)C5)CCC6)nc4c3F)c12. The van der Waals surface area contributed by atoms with E-state index in [1.807, 2.05) is 0 Å². The van der Waals surface area contributed by atoms with Gasteiger partial charge in [0.05, 0.1) is 57.4 Å². The van der Waals surface area contributed by atoms with Gasteiger partial charge in [0, 0.05) is 35.0 Å². The van der Waals surface area contributed by atoms with Gasteiger partial charge in [0.15, 0.2) is 5.82 Å². The van der Waals surface area contributed by atoms with Crippen molar-refractivity contribution < 1.29 is 43.0 Å². The molecule has 6 unspecified atom stereocenters. The first kappa shape index (κ1) is 39.4. The van der Waals surface area contributed by atoms with E-state index in [2.05, 4.69) is 29.7 Å². The van der Waals surface area contributed by atoms with Gasteiger partial charge in [-0.1, -0.05) is 18.4 Å². The van der Waals surface area contributed by atoms with Crippen LogP contribution in [0, 0.1) is 29.4 Å². The number of terminal acetylenes is 1. The molecule has 0 spiro atoms. The summed E-state index contributed by atoms with van der Waals surface area (Å²) in [6.45, 7) is 6.94. The largest absolute Gasteiger partial charge is 0.508 e. The van der Waals surface area contributed by atoms with Crippen molar-refractivity contribution in [2.24, 2.45) is 5.41 Å². The maximum Gasteiger partial charge on any atom is 0.319 e. The van der Waals surface area contributed by atoms with Crippen LogP contribution < -0.4 is 14.4 Å². The molecule has 57 heavy (non-hydrogen) atoms. The molecular formula is C43H51F2N5O7. The van der Waals surface area contributed by atoms with Crippen LogP contribution in [0.4, 0.5) is 14.6 Å². The normalized spacial score (nSPS) is 29.6. The maximum atomic E-state index is 17.5. The summed E-state index contributed by atoms with van der Waals surface area (Å²) in [6, 6.07) is 5.97. The van der Waals surface area contributed by atoms with E-state index in [9.17, 15) is 15.3 Å². The van der Waals surface area contributed by atoms with Crippen molar-refractivity contribution in [1.29, 1.82) is 0 Å². The molecule has 4 aromatic rings. The predicted molar refractivity (Wildman–Crippen MR) is 211 cm³/mol. The number of fused-ring (bicyclic) bond motifs is 3. The standard InChI is InChI=1S/C43H51F2N5O7/c1-6-30-32(44)11-10-26-17-28(52)18-31(34(26)30)37-36(45)38-35(40(46-37)54-5)39(49-19-29(20-51)55-22-42(4,53)21-49)48-41(47-38)56-23-43-12-7-9-33(43)50(14-8-13-43)27-15-24(2)57-25(3)16-27/h1,10-11,17-18,24-25,27,29,33,51-53H,7-9,12-16,19-23H2,2-5H3. The molecule has 4 fully saturated rings. The van der Waals surface area contributed by atoms with Gasteiger partial charge in [0.25, 0.3) is 0 Å². The number of aromatic nitrogens is 3. The summed E-state index contributed by atoms with van der Waals surface area (Å²) >= 11 is 0. The van der Waals surface area contributed by atoms with Gasteiger partial charge in [-0.25, -0.2) is 13.8 Å². The van der Waals surface area contributed by atoms with Crippen LogP contribution in [0.5, 0.6) is 17.6 Å². The Morgan fingerprint density at radius 3 is 2.58 bits per heavy atom. The zero-order chi connectivity index (χ0) is 40.2. The first-order valence-corrected chi connectivity index (χ1v) is 19.9. The maximum absolute atomic E-state index is 17.5. The number of halogens is 2. The molecule has 0 amide bonds. The van der Waals surface area contributed by atoms with E-state index in [0.717, 1.165) is 51.5 Å². The van der Waals surface area contributed by atoms with Gasteiger partial charge in [0.1, 0.15) is 39.6 Å². The number of anilines is 1. The fraction of sp³-hybridized carbons (Fsp3) is 0.558. The van der Waals surface area contributed by atoms with Crippen LogP contribution in [0.3, 0.4) is 0 Å². The highest BCUT2D eigenvalue weighted by Crippen LogP contribution is 2.50. The van der Waals surface area contributed by atoms with E-state index < -0.39 is 23.3 Å². The summed E-state index contributed by atoms with van der Waals surface area (Å²) in [6.07, 6.45) is 12.5. The fourth-order valence-corrected chi connectivity index (χ4v) is 10.1. The molecular weight excluding hydrogens is 736 g/mol. The average molecular weight is 788 g/mol. The molecule has 14 heteroatoms. The number of β-amino-alcohol motifs (C(OH)–C–C–N with tert-alkyl or cyclic N) is 1. The Kier molecular flexibility index (Phi) is 10.7. The second kappa shape index (κ2) is 15.4. The Morgan fingerprint density at radius 2 is 1.84 bits per heavy atom. The van der Waals surface area contributed by atoms with E-state index in [1.165, 1.54) is 31.4 Å². The minimum absolute atomic E-state index is 0.00645. The Hall–Kier alpha value is -4.39. The van der Waals surface area contributed by atoms with Gasteiger partial charge < -0.3 is 39.2 Å². The third kappa shape index (κ3) is 7.33. The first-order chi connectivity index (χ1) is 27.3. The molecule has 1 saturated carbocycles. The number of piperidine rings is 1. The molecule has 3 saturated heterocycles. The summed E-state index contributed by atoms with van der Waals surface area (Å²) in [7, 11) is 1.37. The van der Waals surface area contributed by atoms with Crippen LogP contribution in [-0.4, -0.2) is 118 Å². The van der Waals surface area contributed by atoms with Gasteiger partial charge >= 0.3 is 6.01 Å². The molecule has 4 aliphatic rings. The first-order valence-electron chi connectivity index (χ1n) is 19.9. The highest BCUT2D eigenvalue weighted by atomic mass is 19.1. The van der Waals surface area contributed by atoms with E-state index >= 15 is 8.78 Å². The Balaban J connectivity index is 1.27. The van der Waals surface area contributed by atoms with Gasteiger partial charge in [-0.05, 0) is 89.4 Å². The monoisotopic (exact) mass is 787 g/mol. The summed E-state index contributed by atoms with van der Waals surface area (Å²) in [5, 5.41) is 32.9. The summed E-state index contributed by atoms with van der Waals surface area (Å²) in [5.74, 6) is 0.671. The van der Waals surface area contributed by atoms with Crippen LogP contribution in [0.15, 0.2) is 24.3 Å². The predicted octanol–water partition coefficient (Wildman–Crippen LogP) is 5.74. The number of aliphatic hydroxyl groups is 2. The Bertz CT molecular complexity index is 2210. The lowest BCUT2D eigenvalue weighted by Gasteiger charge is -2.51. The van der Waals surface area contributed by atoms with Crippen LogP contribution in [-0.2, 0) is 9.47 Å². The highest BCUT2D eigenvalue weighted by molar-refractivity contribution is 6.04. The molecule has 3 aliphatic heterocycles. The topological polar surface area (TPSA) is 143 Å². The third-order valence-electron chi connectivity index (χ3n) is 12.4. The van der Waals surface area contributed by atoms with Gasteiger partial charge in [-0.3, -0.25) is 4.90 Å². The number of nitrogens with zero attached hydrogens (tertiary/aromatic N) is 5. The number of phenolic OH excluding ortho intramolecular Hbond substituents is 1. The molecule has 5 heterocycles. The highest BCUT2D eigenvalue weighted by Gasteiger charge is 2.51. The van der Waals surface area contributed by atoms with E-state index in [0.29, 0.717) is 24.1 Å². The molecule has 0 bridgehead atoms. The molecule has 2 aromatic carbocycles. The minimum atomic E-state index is -1.38. The number of aliphatic hydroxyl groups excluding tert-OH is 1. The zero-order valence-corrected chi connectivity index (χ0v) is 32.9. The summed E-state index contributed by atoms with van der Waals surface area (Å²) in [4.78, 5) is 18.6. The second-order valence-electron chi connectivity index (χ2n) is 16.8. The van der Waals surface area contributed by atoms with E-state index in [1.54, 1.807) is 11.8 Å². The fourth-order valence-electron chi connectivity index (χ4n) is 10.1. The van der Waals surface area contributed by atoms with Gasteiger partial charge in [-0.15, -0.1) is 6.42 Å². The molecule has 8 rings (SSSR count). The number of phenols is 1. The van der Waals surface area contributed by atoms with Crippen molar-refractivity contribution in [1.82, 2.24) is 19.9 Å². The third-order valence-corrected chi connectivity index (χ3v) is 12.4. The lowest BCUT2D eigenvalue weighted by molar-refractivity contribution is -0.0967. The number of pyridine rings is 1. The van der Waals surface area contributed by atoms with Crippen molar-refractivity contribution in [2.75, 3.05) is 51.5 Å². The van der Waals surface area contributed by atoms with Crippen LogP contribution in [0.1, 0.15) is 71.3 Å². The van der Waals surface area contributed by atoms with Gasteiger partial charge in [0.2, 0.25) is 5.88 Å². The number of ether oxygens (including phenoxy) is 4. The van der Waals surface area contributed by atoms with Crippen molar-refractivity contribution in [3.05, 3.63) is 41.5 Å². The van der Waals surface area contributed by atoms with Crippen molar-refractivity contribution in [2.45, 2.75) is 102 Å². The molecule has 1 aliphatic carbocycles. The lowest BCUT2D eigenvalue weighted by Crippen LogP contribution is -2.57. The van der Waals surface area contributed by atoms with Crippen LogP contribution >= 0.6 is 0 Å². The van der Waals surface area contributed by atoms with E-state index in [-0.39, 0.29) is 100 Å². The van der Waals surface area contributed by atoms with Crippen molar-refractivity contribution in [3.8, 4) is 41.2 Å². The van der Waals surface area contributed by atoms with Crippen molar-refractivity contribution >= 4 is 27.5 Å². The number of hydrogen-bond donors (Lipinski definition) is 3. The Labute approximate surface area is 331 Å². The average Bonchev–Trinajstić information content (AvgIpc) is 3.55. The smallest absolute Gasteiger partial charge is 0.319 e.